The van der Waals surface area contributed by atoms with Gasteiger partial charge < -0.3 is 19.5 Å². The summed E-state index contributed by atoms with van der Waals surface area (Å²) in [5.41, 5.74) is 3.39. The fourth-order valence-corrected chi connectivity index (χ4v) is 6.53. The maximum atomic E-state index is 12.4. The molecule has 1 spiro atoms. The number of nitrogens with zero attached hydrogens (tertiary/aromatic N) is 3. The second-order valence-corrected chi connectivity index (χ2v) is 10.5. The van der Waals surface area contributed by atoms with Crippen molar-refractivity contribution in [2.75, 3.05) is 19.6 Å². The molecular weight excluding hydrogens is 446 g/mol. The van der Waals surface area contributed by atoms with Crippen molar-refractivity contribution in [3.8, 4) is 5.75 Å². The summed E-state index contributed by atoms with van der Waals surface area (Å²) in [7, 11) is 0. The van der Waals surface area contributed by atoms with Gasteiger partial charge in [-0.1, -0.05) is 30.3 Å². The number of pyridine rings is 1. The SMILES string of the molecule is O=C(O)CC1CC[C@H]2c3c(OC4CC5(C4)CN(C(=O)OCc4ccccc4)C5)ccnc3CCN12. The van der Waals surface area contributed by atoms with Crippen LogP contribution in [0.2, 0.25) is 0 Å². The van der Waals surface area contributed by atoms with Gasteiger partial charge >= 0.3 is 12.1 Å². The molecule has 184 valence electrons. The smallest absolute Gasteiger partial charge is 0.410 e. The van der Waals surface area contributed by atoms with E-state index in [-0.39, 0.29) is 36.1 Å². The number of likely N-dealkylation sites (tertiary alicyclic amines) is 1. The third-order valence-corrected chi connectivity index (χ3v) is 8.16. The monoisotopic (exact) mass is 477 g/mol. The van der Waals surface area contributed by atoms with Crippen molar-refractivity contribution in [1.82, 2.24) is 14.8 Å². The van der Waals surface area contributed by atoms with Crippen LogP contribution in [-0.2, 0) is 22.6 Å². The van der Waals surface area contributed by atoms with Gasteiger partial charge in [0.1, 0.15) is 18.5 Å². The van der Waals surface area contributed by atoms with Crippen LogP contribution in [0.1, 0.15) is 55.0 Å². The van der Waals surface area contributed by atoms with E-state index in [2.05, 4.69) is 9.88 Å². The fourth-order valence-electron chi connectivity index (χ4n) is 6.53. The molecule has 1 N–H and O–H groups in total. The molecule has 2 aromatic rings. The average Bonchev–Trinajstić information content (AvgIpc) is 3.21. The largest absolute Gasteiger partial charge is 0.490 e. The van der Waals surface area contributed by atoms with Crippen LogP contribution in [0.25, 0.3) is 0 Å². The van der Waals surface area contributed by atoms with E-state index in [1.54, 1.807) is 4.90 Å². The number of carboxylic acid groups (broad SMARTS) is 1. The highest BCUT2D eigenvalue weighted by atomic mass is 16.6. The summed E-state index contributed by atoms with van der Waals surface area (Å²) >= 11 is 0. The minimum atomic E-state index is -0.734. The molecule has 35 heavy (non-hydrogen) atoms. The molecule has 1 saturated carbocycles. The molecule has 1 amide bonds. The Morgan fingerprint density at radius 3 is 2.69 bits per heavy atom. The molecule has 1 aromatic carbocycles. The Balaban J connectivity index is 1.03. The summed E-state index contributed by atoms with van der Waals surface area (Å²) in [5, 5.41) is 9.29. The van der Waals surface area contributed by atoms with Gasteiger partial charge in [-0.05, 0) is 37.3 Å². The van der Waals surface area contributed by atoms with Crippen LogP contribution < -0.4 is 4.74 Å². The number of amides is 1. The van der Waals surface area contributed by atoms with Gasteiger partial charge in [-0.3, -0.25) is 14.7 Å². The van der Waals surface area contributed by atoms with Crippen molar-refractivity contribution >= 4 is 12.1 Å². The first-order chi connectivity index (χ1) is 17.0. The Bertz CT molecular complexity index is 1110. The van der Waals surface area contributed by atoms with Gasteiger partial charge in [0.25, 0.3) is 0 Å². The van der Waals surface area contributed by atoms with Crippen molar-refractivity contribution < 1.29 is 24.2 Å². The van der Waals surface area contributed by atoms with Crippen LogP contribution in [0, 0.1) is 5.41 Å². The zero-order valence-electron chi connectivity index (χ0n) is 19.8. The van der Waals surface area contributed by atoms with E-state index in [9.17, 15) is 14.7 Å². The maximum absolute atomic E-state index is 12.4. The van der Waals surface area contributed by atoms with Gasteiger partial charge in [-0.2, -0.15) is 0 Å². The molecule has 0 bridgehead atoms. The lowest BCUT2D eigenvalue weighted by molar-refractivity contribution is -0.138. The maximum Gasteiger partial charge on any atom is 0.410 e. The van der Waals surface area contributed by atoms with Crippen LogP contribution in [-0.4, -0.2) is 63.7 Å². The zero-order chi connectivity index (χ0) is 24.0. The Labute approximate surface area is 204 Å². The van der Waals surface area contributed by atoms with Crippen molar-refractivity contribution in [3.63, 3.8) is 0 Å². The van der Waals surface area contributed by atoms with Gasteiger partial charge in [0.15, 0.2) is 0 Å². The number of hydrogen-bond acceptors (Lipinski definition) is 6. The molecule has 3 fully saturated rings. The number of rotatable bonds is 6. The molecule has 2 atom stereocenters. The number of hydrogen-bond donors (Lipinski definition) is 1. The van der Waals surface area contributed by atoms with Gasteiger partial charge in [0.2, 0.25) is 0 Å². The van der Waals surface area contributed by atoms with E-state index in [0.717, 1.165) is 74.3 Å². The zero-order valence-corrected chi connectivity index (χ0v) is 19.8. The van der Waals surface area contributed by atoms with Crippen molar-refractivity contribution in [2.45, 2.75) is 63.3 Å². The summed E-state index contributed by atoms with van der Waals surface area (Å²) in [4.78, 5) is 32.4. The first kappa shape index (κ1) is 22.3. The van der Waals surface area contributed by atoms with Gasteiger partial charge in [-0.25, -0.2) is 4.79 Å². The van der Waals surface area contributed by atoms with Crippen LogP contribution in [0.4, 0.5) is 4.79 Å². The van der Waals surface area contributed by atoms with E-state index in [4.69, 9.17) is 9.47 Å². The summed E-state index contributed by atoms with van der Waals surface area (Å²) < 4.78 is 11.9. The lowest BCUT2D eigenvalue weighted by Gasteiger charge is -2.57. The van der Waals surface area contributed by atoms with E-state index in [1.807, 2.05) is 42.6 Å². The number of carbonyl (C=O) groups is 2. The molecule has 8 heteroatoms. The molecular formula is C27H31N3O5. The Hall–Kier alpha value is -3.13. The van der Waals surface area contributed by atoms with E-state index < -0.39 is 5.97 Å². The first-order valence-corrected chi connectivity index (χ1v) is 12.6. The lowest BCUT2D eigenvalue weighted by atomic mass is 9.62. The molecule has 2 saturated heterocycles. The number of carboxylic acids is 1. The number of aromatic nitrogens is 1. The summed E-state index contributed by atoms with van der Waals surface area (Å²) in [6.07, 6.45) is 6.45. The van der Waals surface area contributed by atoms with Crippen LogP contribution in [0.3, 0.4) is 0 Å². The van der Waals surface area contributed by atoms with Crippen LogP contribution >= 0.6 is 0 Å². The molecule has 1 aliphatic carbocycles. The molecule has 8 nitrogen and oxygen atoms in total. The number of ether oxygens (including phenoxy) is 2. The number of benzene rings is 1. The van der Waals surface area contributed by atoms with Crippen molar-refractivity contribution in [1.29, 1.82) is 0 Å². The number of aliphatic carboxylic acids is 1. The predicted octanol–water partition coefficient (Wildman–Crippen LogP) is 3.80. The lowest BCUT2D eigenvalue weighted by Crippen LogP contribution is -2.65. The molecule has 3 aliphatic heterocycles. The summed E-state index contributed by atoms with van der Waals surface area (Å²) in [5.74, 6) is 0.168. The standard InChI is InChI=1S/C27H31N3O5/c31-24(32)12-19-6-7-22-25-21(9-11-30(19)22)28-10-8-23(25)35-20-13-27(14-20)16-29(17-27)26(33)34-15-18-4-2-1-3-5-18/h1-5,8,10,19-20,22H,6-7,9,11-17H2,(H,31,32)/t19?,22-/m0/s1. The normalized spacial score (nSPS) is 24.7. The molecule has 0 radical (unpaired) electrons. The van der Waals surface area contributed by atoms with Crippen LogP contribution in [0.5, 0.6) is 5.75 Å². The fraction of sp³-hybridized carbons (Fsp3) is 0.519. The van der Waals surface area contributed by atoms with Gasteiger partial charge in [-0.15, -0.1) is 0 Å². The minimum Gasteiger partial charge on any atom is -0.490 e. The Morgan fingerprint density at radius 1 is 1.11 bits per heavy atom. The number of fused-ring (bicyclic) bond motifs is 3. The van der Waals surface area contributed by atoms with E-state index in [0.29, 0.717) is 6.61 Å². The molecule has 4 heterocycles. The third-order valence-electron chi connectivity index (χ3n) is 8.16. The Kier molecular flexibility index (Phi) is 5.63. The van der Waals surface area contributed by atoms with E-state index >= 15 is 0 Å². The highest BCUT2D eigenvalue weighted by molar-refractivity contribution is 5.69. The quantitative estimate of drug-likeness (QED) is 0.677. The van der Waals surface area contributed by atoms with E-state index in [1.165, 1.54) is 0 Å². The van der Waals surface area contributed by atoms with Crippen molar-refractivity contribution in [2.24, 2.45) is 5.41 Å². The summed E-state index contributed by atoms with van der Waals surface area (Å²) in [6.45, 7) is 2.60. The third kappa shape index (κ3) is 4.24. The molecule has 1 unspecified atom stereocenters. The van der Waals surface area contributed by atoms with Crippen molar-refractivity contribution in [3.05, 3.63) is 59.4 Å². The molecule has 1 aromatic heterocycles. The second kappa shape index (κ2) is 8.82. The van der Waals surface area contributed by atoms with Gasteiger partial charge in [0.05, 0.1) is 12.1 Å². The minimum absolute atomic E-state index is 0.0910. The second-order valence-electron chi connectivity index (χ2n) is 10.5. The topological polar surface area (TPSA) is 92.2 Å². The predicted molar refractivity (Wildman–Crippen MR) is 127 cm³/mol. The van der Waals surface area contributed by atoms with Crippen LogP contribution in [0.15, 0.2) is 42.6 Å². The number of carbonyl (C=O) groups excluding carboxylic acids is 1. The van der Waals surface area contributed by atoms with Gasteiger partial charge in [0, 0.05) is 55.3 Å². The highest BCUT2D eigenvalue weighted by Crippen LogP contribution is 2.51. The molecule has 4 aliphatic rings. The average molecular weight is 478 g/mol. The molecule has 6 rings (SSSR count). The highest BCUT2D eigenvalue weighted by Gasteiger charge is 2.55. The first-order valence-electron chi connectivity index (χ1n) is 12.6. The summed E-state index contributed by atoms with van der Waals surface area (Å²) in [6, 6.07) is 12.0. The Morgan fingerprint density at radius 2 is 1.91 bits per heavy atom.